The molecule has 2 saturated carbocycles. The number of amidine groups is 1. The number of hydrogen-bond acceptors (Lipinski definition) is 5. The molecule has 0 radical (unpaired) electrons. The number of rotatable bonds is 20. The summed E-state index contributed by atoms with van der Waals surface area (Å²) >= 11 is 1.95. The maximum absolute atomic E-state index is 12.3. The molecular formula is C27H53Cl2N7O2S3. The van der Waals surface area contributed by atoms with Crippen LogP contribution in [0.25, 0.3) is 0 Å². The summed E-state index contributed by atoms with van der Waals surface area (Å²) in [6.45, 7) is 0.772. The second-order valence-corrected chi connectivity index (χ2v) is 15.6. The summed E-state index contributed by atoms with van der Waals surface area (Å²) in [6, 6.07) is 0.199. The van der Waals surface area contributed by atoms with Crippen LogP contribution < -0.4 is 57.7 Å². The molecule has 0 spiro atoms. The van der Waals surface area contributed by atoms with Gasteiger partial charge in [-0.3, -0.25) is 30.0 Å². The fraction of sp³-hybridized carbons (Fsp3) is 0.778. The van der Waals surface area contributed by atoms with Crippen LogP contribution in [0.1, 0.15) is 70.6 Å². The Kier molecular flexibility index (Phi) is 21.6. The van der Waals surface area contributed by atoms with E-state index in [0.717, 1.165) is 81.0 Å². The molecule has 2 aliphatic rings. The lowest BCUT2D eigenvalue weighted by Gasteiger charge is -2.45. The van der Waals surface area contributed by atoms with E-state index < -0.39 is 0 Å². The summed E-state index contributed by atoms with van der Waals surface area (Å²) in [7, 11) is -0.492. The molecule has 9 nitrogen and oxygen atoms in total. The van der Waals surface area contributed by atoms with Crippen LogP contribution >= 0.6 is 32.9 Å². The molecule has 0 aromatic heterocycles. The Morgan fingerprint density at radius 3 is 2.27 bits per heavy atom. The molecule has 0 aromatic carbocycles. The Morgan fingerprint density at radius 2 is 1.73 bits per heavy atom. The zero-order valence-corrected chi connectivity index (χ0v) is 28.6. The van der Waals surface area contributed by atoms with E-state index in [1.165, 1.54) is 12.8 Å². The fourth-order valence-electron chi connectivity index (χ4n) is 5.09. The van der Waals surface area contributed by atoms with Gasteiger partial charge in [0.25, 0.3) is 0 Å². The molecule has 0 aliphatic heterocycles. The third kappa shape index (κ3) is 14.1. The van der Waals surface area contributed by atoms with Crippen molar-refractivity contribution in [3.63, 3.8) is 0 Å². The fourth-order valence-corrected chi connectivity index (χ4v) is 9.39. The van der Waals surface area contributed by atoms with Gasteiger partial charge in [0, 0.05) is 42.1 Å². The van der Waals surface area contributed by atoms with Gasteiger partial charge in [0.05, 0.1) is 19.1 Å². The van der Waals surface area contributed by atoms with Gasteiger partial charge in [-0.2, -0.15) is 11.8 Å². The van der Waals surface area contributed by atoms with E-state index in [0.29, 0.717) is 23.0 Å². The summed E-state index contributed by atoms with van der Waals surface area (Å²) in [4.78, 5) is 26.9. The summed E-state index contributed by atoms with van der Waals surface area (Å²) in [5.41, 5.74) is 18.3. The van der Waals surface area contributed by atoms with E-state index in [-0.39, 0.29) is 76.9 Å². The predicted octanol–water partition coefficient (Wildman–Crippen LogP) is -6.83. The van der Waals surface area contributed by atoms with Gasteiger partial charge in [0.2, 0.25) is 17.6 Å². The Bertz CT molecular complexity index is 910. The zero-order chi connectivity index (χ0) is 28.8. The van der Waals surface area contributed by atoms with Gasteiger partial charge >= 0.3 is 0 Å². The smallest absolute Gasteiger partial charge is 0.246 e. The van der Waals surface area contributed by atoms with E-state index in [4.69, 9.17) is 22.6 Å². The molecule has 2 amide bonds. The molecule has 0 heterocycles. The van der Waals surface area contributed by atoms with Gasteiger partial charge in [-0.1, -0.05) is 24.6 Å². The number of amides is 2. The number of carbonyl (C=O) groups excluding carboxylic acids is 2. The van der Waals surface area contributed by atoms with Crippen LogP contribution in [0.5, 0.6) is 0 Å². The highest BCUT2D eigenvalue weighted by atomic mass is 35.5. The second kappa shape index (κ2) is 22.0. The van der Waals surface area contributed by atoms with Gasteiger partial charge in [-0.25, -0.2) is 0 Å². The molecule has 2 aliphatic carbocycles. The highest BCUT2D eigenvalue weighted by Gasteiger charge is 2.39. The highest BCUT2D eigenvalue weighted by Crippen LogP contribution is 2.41. The number of nitrogens with zero attached hydrogens (tertiary/aromatic N) is 1. The first-order chi connectivity index (χ1) is 18.7. The average molecular weight is 675 g/mol. The number of nitrogens with one attached hydrogen (secondary N) is 2. The molecule has 0 aromatic rings. The third-order valence-electron chi connectivity index (χ3n) is 7.65. The SMILES string of the molecule is C=S(C[NH+]=C(N)CCCCCCC(=[NH2+])CC1CCC1SCCNC(=O)CN)C1CCC1N(C(=O)CN)S(=C)C.[Cl-].[Cl-]. The maximum atomic E-state index is 12.3. The standard InChI is InChI=1S/C27H51N7O2S3.2ClH/c1-38(2)34(27(36)18-29)22-11-13-24(22)39(3)19-33-25(31)9-7-5-4-6-8-21(30)16-20-10-12-23(20)37-15-14-32-26(35)17-28;;/h20,22-24,30H,1,3-19,28-29H2,2H3,(H2,31,33)(H,32,35);2*1H. The van der Waals surface area contributed by atoms with Crippen LogP contribution in [0.2, 0.25) is 0 Å². The topological polar surface area (TPSA) is 167 Å². The molecule has 0 saturated heterocycles. The van der Waals surface area contributed by atoms with Gasteiger partial charge < -0.3 is 41.6 Å². The van der Waals surface area contributed by atoms with Crippen molar-refractivity contribution in [2.75, 3.05) is 37.5 Å². The van der Waals surface area contributed by atoms with E-state index >= 15 is 0 Å². The van der Waals surface area contributed by atoms with Gasteiger partial charge in [0.15, 0.2) is 0 Å². The average Bonchev–Trinajstić information content (AvgIpc) is 2.88. The lowest BCUT2D eigenvalue weighted by Crippen LogP contribution is -3.00. The van der Waals surface area contributed by atoms with Gasteiger partial charge in [0.1, 0.15) is 11.6 Å². The third-order valence-corrected chi connectivity index (χ3v) is 12.2. The minimum absolute atomic E-state index is 0. The summed E-state index contributed by atoms with van der Waals surface area (Å²) in [5, 5.41) is 10.2. The van der Waals surface area contributed by atoms with Crippen LogP contribution in [0.3, 0.4) is 0 Å². The second-order valence-electron chi connectivity index (χ2n) is 10.7. The van der Waals surface area contributed by atoms with Crippen molar-refractivity contribution in [1.82, 2.24) is 9.62 Å². The van der Waals surface area contributed by atoms with Crippen molar-refractivity contribution in [2.45, 2.75) is 87.2 Å². The van der Waals surface area contributed by atoms with Crippen molar-refractivity contribution in [3.8, 4) is 0 Å². The Hall–Kier alpha value is -0.630. The number of unbranched alkanes of at least 4 members (excludes halogenated alkanes) is 3. The van der Waals surface area contributed by atoms with Crippen LogP contribution in [-0.2, 0) is 9.59 Å². The summed E-state index contributed by atoms with van der Waals surface area (Å²) in [6.07, 6.45) is 14.0. The summed E-state index contributed by atoms with van der Waals surface area (Å²) in [5.74, 6) is 11.6. The Morgan fingerprint density at radius 1 is 1.05 bits per heavy atom. The van der Waals surface area contributed by atoms with Crippen LogP contribution in [-0.4, -0.2) is 93.5 Å². The van der Waals surface area contributed by atoms with E-state index in [9.17, 15) is 9.59 Å². The van der Waals surface area contributed by atoms with Crippen LogP contribution in [0, 0.1) is 5.92 Å². The van der Waals surface area contributed by atoms with Crippen molar-refractivity contribution < 1.29 is 44.8 Å². The van der Waals surface area contributed by atoms with Crippen molar-refractivity contribution in [2.24, 2.45) is 23.1 Å². The molecule has 240 valence electrons. The molecule has 6 atom stereocenters. The molecular weight excluding hydrogens is 621 g/mol. The van der Waals surface area contributed by atoms with Crippen LogP contribution in [0.4, 0.5) is 0 Å². The van der Waals surface area contributed by atoms with E-state index in [1.807, 2.05) is 22.3 Å². The monoisotopic (exact) mass is 673 g/mol. The van der Waals surface area contributed by atoms with E-state index in [1.54, 1.807) is 0 Å². The molecule has 41 heavy (non-hydrogen) atoms. The molecule has 0 bridgehead atoms. The van der Waals surface area contributed by atoms with Crippen molar-refractivity contribution in [3.05, 3.63) is 0 Å². The number of nitrogens with two attached hydrogens (primary N) is 4. The molecule has 14 heteroatoms. The van der Waals surface area contributed by atoms with Crippen LogP contribution in [0.15, 0.2) is 0 Å². The minimum atomic E-state index is -0.373. The van der Waals surface area contributed by atoms with Gasteiger partial charge in [-0.15, -0.1) is 21.2 Å². The lowest BCUT2D eigenvalue weighted by atomic mass is 9.80. The first kappa shape index (κ1) is 40.4. The van der Waals surface area contributed by atoms with E-state index in [2.05, 4.69) is 22.0 Å². The number of hydrogen-bond donors (Lipinski definition) is 6. The largest absolute Gasteiger partial charge is 1.00 e. The minimum Gasteiger partial charge on any atom is -1.00 e. The lowest BCUT2D eigenvalue weighted by molar-refractivity contribution is -0.434. The maximum Gasteiger partial charge on any atom is 0.246 e. The summed E-state index contributed by atoms with van der Waals surface area (Å²) < 4.78 is 1.88. The Labute approximate surface area is 269 Å². The van der Waals surface area contributed by atoms with Crippen molar-refractivity contribution in [1.29, 1.82) is 0 Å². The first-order valence-electron chi connectivity index (χ1n) is 14.2. The van der Waals surface area contributed by atoms with Gasteiger partial charge in [-0.05, 0) is 50.7 Å². The Balaban J connectivity index is 0.00000800. The zero-order valence-electron chi connectivity index (χ0n) is 24.6. The molecule has 6 unspecified atom stereocenters. The molecule has 2 fully saturated rings. The number of carbonyl (C=O) groups is 2. The normalized spacial score (nSPS) is 23.0. The number of thioether (sulfide) groups is 1. The molecule has 10 N–H and O–H groups in total. The highest BCUT2D eigenvalue weighted by molar-refractivity contribution is 8.14. The number of halogens is 2. The predicted molar refractivity (Wildman–Crippen MR) is 173 cm³/mol. The quantitative estimate of drug-likeness (QED) is 0.0325. The first-order valence-corrected chi connectivity index (χ1v) is 18.6. The van der Waals surface area contributed by atoms with Crippen molar-refractivity contribution >= 4 is 68.0 Å². The molecule has 2 rings (SSSR count).